The summed E-state index contributed by atoms with van der Waals surface area (Å²) in [7, 11) is 0. The quantitative estimate of drug-likeness (QED) is 0.687. The number of fused-ring (bicyclic) bond motifs is 1. The number of rotatable bonds is 5. The number of aromatic hydroxyl groups is 1. The van der Waals surface area contributed by atoms with Gasteiger partial charge in [0.25, 0.3) is 5.95 Å². The maximum atomic E-state index is 13.5. The molecular weight excluding hydrogens is 361 g/mol. The Kier molecular flexibility index (Phi) is 5.16. The normalized spacial score (nSPS) is 27.2. The molecule has 1 saturated heterocycles. The molecule has 1 saturated carbocycles. The molecule has 1 aliphatic heterocycles. The number of halogens is 1. The van der Waals surface area contributed by atoms with Crippen LogP contribution < -0.4 is 10.1 Å². The molecule has 1 aliphatic carbocycles. The van der Waals surface area contributed by atoms with E-state index >= 15 is 0 Å². The lowest BCUT2D eigenvalue weighted by atomic mass is 9.90. The van der Waals surface area contributed by atoms with Gasteiger partial charge < -0.3 is 20.3 Å². The van der Waals surface area contributed by atoms with Gasteiger partial charge in [0.05, 0.1) is 29.5 Å². The lowest BCUT2D eigenvalue weighted by Gasteiger charge is -2.22. The second-order valence-corrected chi connectivity index (χ2v) is 7.58. The lowest BCUT2D eigenvalue weighted by molar-refractivity contribution is 0.135. The van der Waals surface area contributed by atoms with E-state index in [1.165, 1.54) is 12.1 Å². The second kappa shape index (κ2) is 7.74. The largest absolute Gasteiger partial charge is 0.504 e. The van der Waals surface area contributed by atoms with Gasteiger partial charge in [-0.05, 0) is 74.0 Å². The van der Waals surface area contributed by atoms with Gasteiger partial charge in [0.1, 0.15) is 5.75 Å². The van der Waals surface area contributed by atoms with Crippen molar-refractivity contribution in [3.63, 3.8) is 0 Å². The Labute approximate surface area is 162 Å². The van der Waals surface area contributed by atoms with Crippen LogP contribution in [-0.4, -0.2) is 33.9 Å². The Bertz CT molecular complexity index is 883. The van der Waals surface area contributed by atoms with Crippen LogP contribution in [-0.2, 0) is 0 Å². The maximum absolute atomic E-state index is 13.5. The highest BCUT2D eigenvalue weighted by Crippen LogP contribution is 2.42. The average molecular weight is 383 g/mol. The predicted molar refractivity (Wildman–Crippen MR) is 99.0 cm³/mol. The molecule has 0 unspecified atom stereocenters. The van der Waals surface area contributed by atoms with Crippen LogP contribution in [0.15, 0.2) is 36.4 Å². The van der Waals surface area contributed by atoms with Gasteiger partial charge in [-0.3, -0.25) is 0 Å². The van der Waals surface area contributed by atoms with Gasteiger partial charge in [0.2, 0.25) is 0 Å². The first-order valence-electron chi connectivity index (χ1n) is 9.47. The van der Waals surface area contributed by atoms with Crippen molar-refractivity contribution in [3.05, 3.63) is 53.6 Å². The number of nitrogens with one attached hydrogen (secondary N) is 1. The van der Waals surface area contributed by atoms with E-state index in [1.807, 2.05) is 12.1 Å². The lowest BCUT2D eigenvalue weighted by Crippen LogP contribution is -2.30. The standard InChI is InChI=1S/C21H22FN3O3/c22-21-19(26)6-5-17(25-21)20(27)9-18-16-8-15(7-13(16)11-24-18)28-14-3-1-12(10-23)2-4-14/h1-6,13,15-16,18,20,24,26-27H,7-9,11H2/t13-,15+,16+,18+,20+/m1/s1. The van der Waals surface area contributed by atoms with E-state index in [9.17, 15) is 14.6 Å². The summed E-state index contributed by atoms with van der Waals surface area (Å²) in [5.41, 5.74) is 0.831. The van der Waals surface area contributed by atoms with Crippen molar-refractivity contribution < 1.29 is 19.3 Å². The van der Waals surface area contributed by atoms with Crippen LogP contribution in [0, 0.1) is 29.1 Å². The predicted octanol–water partition coefficient (Wildman–Crippen LogP) is 2.67. The molecule has 2 aliphatic rings. The molecule has 146 valence electrons. The molecule has 4 rings (SSSR count). The second-order valence-electron chi connectivity index (χ2n) is 7.58. The number of aromatic nitrogens is 1. The highest BCUT2D eigenvalue weighted by molar-refractivity contribution is 5.34. The molecule has 5 atom stereocenters. The van der Waals surface area contributed by atoms with E-state index in [1.54, 1.807) is 12.1 Å². The van der Waals surface area contributed by atoms with Gasteiger partial charge in [-0.25, -0.2) is 4.98 Å². The zero-order chi connectivity index (χ0) is 19.7. The first kappa shape index (κ1) is 18.7. The Morgan fingerprint density at radius 2 is 2.04 bits per heavy atom. The number of benzene rings is 1. The molecule has 1 aromatic carbocycles. The molecule has 28 heavy (non-hydrogen) atoms. The highest BCUT2D eigenvalue weighted by atomic mass is 19.1. The molecule has 1 aromatic heterocycles. The van der Waals surface area contributed by atoms with Gasteiger partial charge in [0.15, 0.2) is 5.75 Å². The molecule has 2 aromatic rings. The van der Waals surface area contributed by atoms with Crippen molar-refractivity contribution in [2.24, 2.45) is 11.8 Å². The van der Waals surface area contributed by atoms with Gasteiger partial charge in [-0.1, -0.05) is 0 Å². The molecule has 3 N–H and O–H groups in total. The summed E-state index contributed by atoms with van der Waals surface area (Å²) in [5.74, 6) is 0.126. The molecule has 2 heterocycles. The number of nitrogens with zero attached hydrogens (tertiary/aromatic N) is 2. The van der Waals surface area contributed by atoms with E-state index in [-0.39, 0.29) is 17.8 Å². The molecule has 2 fully saturated rings. The van der Waals surface area contributed by atoms with Crippen molar-refractivity contribution in [1.82, 2.24) is 10.3 Å². The third kappa shape index (κ3) is 3.79. The summed E-state index contributed by atoms with van der Waals surface area (Å²) in [5, 5.41) is 32.0. The Balaban J connectivity index is 1.36. The zero-order valence-corrected chi connectivity index (χ0v) is 15.3. The van der Waals surface area contributed by atoms with Gasteiger partial charge in [-0.2, -0.15) is 9.65 Å². The third-order valence-electron chi connectivity index (χ3n) is 5.82. The van der Waals surface area contributed by atoms with Crippen LogP contribution in [0.2, 0.25) is 0 Å². The third-order valence-corrected chi connectivity index (χ3v) is 5.82. The van der Waals surface area contributed by atoms with E-state index in [4.69, 9.17) is 10.00 Å². The smallest absolute Gasteiger partial charge is 0.255 e. The fraction of sp³-hybridized carbons (Fsp3) is 0.429. The molecular formula is C21H22FN3O3. The summed E-state index contributed by atoms with van der Waals surface area (Å²) in [4.78, 5) is 3.64. The number of ether oxygens (including phenoxy) is 1. The minimum atomic E-state index is -0.967. The topological polar surface area (TPSA) is 98.4 Å². The average Bonchev–Trinajstić information content (AvgIpc) is 3.25. The van der Waals surface area contributed by atoms with Crippen LogP contribution >= 0.6 is 0 Å². The fourth-order valence-corrected chi connectivity index (χ4v) is 4.43. The van der Waals surface area contributed by atoms with Crippen molar-refractivity contribution in [1.29, 1.82) is 5.26 Å². The number of nitriles is 1. The van der Waals surface area contributed by atoms with Crippen molar-refractivity contribution in [2.75, 3.05) is 6.54 Å². The summed E-state index contributed by atoms with van der Waals surface area (Å²) in [6.45, 7) is 0.868. The minimum Gasteiger partial charge on any atom is -0.504 e. The summed E-state index contributed by atoms with van der Waals surface area (Å²) < 4.78 is 19.5. The number of aliphatic hydroxyl groups is 1. The Morgan fingerprint density at radius 1 is 1.25 bits per heavy atom. The number of hydrogen-bond donors (Lipinski definition) is 3. The first-order valence-corrected chi connectivity index (χ1v) is 9.47. The summed E-state index contributed by atoms with van der Waals surface area (Å²) >= 11 is 0. The Morgan fingerprint density at radius 3 is 2.75 bits per heavy atom. The molecule has 6 nitrogen and oxygen atoms in total. The van der Waals surface area contributed by atoms with Crippen LogP contribution in [0.1, 0.15) is 36.6 Å². The molecule has 0 amide bonds. The fourth-order valence-electron chi connectivity index (χ4n) is 4.43. The zero-order valence-electron chi connectivity index (χ0n) is 15.3. The highest BCUT2D eigenvalue weighted by Gasteiger charge is 2.44. The van der Waals surface area contributed by atoms with Gasteiger partial charge >= 0.3 is 0 Å². The maximum Gasteiger partial charge on any atom is 0.255 e. The van der Waals surface area contributed by atoms with Crippen molar-refractivity contribution in [3.8, 4) is 17.6 Å². The minimum absolute atomic E-state index is 0.105. The van der Waals surface area contributed by atoms with Crippen LogP contribution in [0.4, 0.5) is 4.39 Å². The van der Waals surface area contributed by atoms with Crippen molar-refractivity contribution >= 4 is 0 Å². The molecule has 0 spiro atoms. The van der Waals surface area contributed by atoms with E-state index in [0.29, 0.717) is 23.8 Å². The van der Waals surface area contributed by atoms with Crippen LogP contribution in [0.5, 0.6) is 11.5 Å². The SMILES string of the molecule is N#Cc1ccc(O[C@H]2C[C@@H]3CN[C@@H](C[C@H](O)c4ccc(O)c(F)n4)[C@H]3C2)cc1. The summed E-state index contributed by atoms with van der Waals surface area (Å²) in [6.07, 6.45) is 1.46. The number of pyridine rings is 1. The molecule has 0 bridgehead atoms. The van der Waals surface area contributed by atoms with Crippen LogP contribution in [0.25, 0.3) is 0 Å². The van der Waals surface area contributed by atoms with E-state index < -0.39 is 17.8 Å². The first-order chi connectivity index (χ1) is 13.5. The molecule has 7 heteroatoms. The summed E-state index contributed by atoms with van der Waals surface area (Å²) in [6, 6.07) is 12.0. The molecule has 0 radical (unpaired) electrons. The van der Waals surface area contributed by atoms with E-state index in [2.05, 4.69) is 16.4 Å². The number of hydrogen-bond acceptors (Lipinski definition) is 6. The van der Waals surface area contributed by atoms with Crippen LogP contribution in [0.3, 0.4) is 0 Å². The monoisotopic (exact) mass is 383 g/mol. The van der Waals surface area contributed by atoms with Gasteiger partial charge in [-0.15, -0.1) is 0 Å². The van der Waals surface area contributed by atoms with Gasteiger partial charge in [0, 0.05) is 6.04 Å². The van der Waals surface area contributed by atoms with Crippen molar-refractivity contribution in [2.45, 2.75) is 37.5 Å². The van der Waals surface area contributed by atoms with E-state index in [0.717, 1.165) is 25.1 Å². The number of aliphatic hydroxyl groups excluding tert-OH is 1. The Hall–Kier alpha value is -2.69.